The zero-order chi connectivity index (χ0) is 20.7. The van der Waals surface area contributed by atoms with E-state index in [9.17, 15) is 14.0 Å². The highest BCUT2D eigenvalue weighted by Gasteiger charge is 2.42. The molecule has 2 aromatic carbocycles. The number of carbonyl (C=O) groups excluding carboxylic acids is 1. The summed E-state index contributed by atoms with van der Waals surface area (Å²) in [5.74, 6) is -0.647. The summed E-state index contributed by atoms with van der Waals surface area (Å²) in [6.07, 6.45) is 0.763. The largest absolute Gasteiger partial charge is 0.450 e. The van der Waals surface area contributed by atoms with E-state index in [2.05, 4.69) is 0 Å². The Morgan fingerprint density at radius 2 is 1.86 bits per heavy atom. The Morgan fingerprint density at radius 1 is 1.14 bits per heavy atom. The third-order valence-electron chi connectivity index (χ3n) is 5.19. The second-order valence-electron chi connectivity index (χ2n) is 7.58. The zero-order valence-electron chi connectivity index (χ0n) is 16.2. The summed E-state index contributed by atoms with van der Waals surface area (Å²) >= 11 is 6.07. The maximum atomic E-state index is 13.5. The summed E-state index contributed by atoms with van der Waals surface area (Å²) in [5, 5.41) is 0.744. The first-order chi connectivity index (χ1) is 13.9. The Kier molecular flexibility index (Phi) is 5.15. The quantitative estimate of drug-likeness (QED) is 0.697. The van der Waals surface area contributed by atoms with Crippen molar-refractivity contribution in [3.05, 3.63) is 80.4 Å². The molecular formula is C22H21ClFN2O3+. The van der Waals surface area contributed by atoms with Crippen LogP contribution in [-0.2, 0) is 0 Å². The Morgan fingerprint density at radius 3 is 2.55 bits per heavy atom. The Hall–Kier alpha value is -2.70. The van der Waals surface area contributed by atoms with Gasteiger partial charge in [-0.05, 0) is 35.9 Å². The van der Waals surface area contributed by atoms with Crippen molar-refractivity contribution >= 4 is 28.5 Å². The number of hydrogen-bond acceptors (Lipinski definition) is 3. The Bertz CT molecular complexity index is 1140. The van der Waals surface area contributed by atoms with Gasteiger partial charge < -0.3 is 14.2 Å². The van der Waals surface area contributed by atoms with Gasteiger partial charge in [-0.2, -0.15) is 0 Å². The average molecular weight is 416 g/mol. The van der Waals surface area contributed by atoms with Gasteiger partial charge in [0.25, 0.3) is 5.91 Å². The van der Waals surface area contributed by atoms with Gasteiger partial charge in [-0.15, -0.1) is 0 Å². The third-order valence-corrected chi connectivity index (χ3v) is 5.42. The van der Waals surface area contributed by atoms with Gasteiger partial charge in [-0.3, -0.25) is 9.59 Å². The van der Waals surface area contributed by atoms with Crippen molar-refractivity contribution in [2.24, 2.45) is 0 Å². The first kappa shape index (κ1) is 19.6. The van der Waals surface area contributed by atoms with Gasteiger partial charge in [0.15, 0.2) is 5.43 Å². The molecule has 0 saturated carbocycles. The molecule has 1 amide bonds. The lowest BCUT2D eigenvalue weighted by molar-refractivity contribution is -0.858. The number of benzene rings is 2. The number of rotatable bonds is 5. The summed E-state index contributed by atoms with van der Waals surface area (Å²) in [6, 6.07) is 10.0. The summed E-state index contributed by atoms with van der Waals surface area (Å²) in [7, 11) is 4.08. The number of halogens is 2. The van der Waals surface area contributed by atoms with Crippen LogP contribution in [-0.4, -0.2) is 38.0 Å². The van der Waals surface area contributed by atoms with Crippen LogP contribution in [0.5, 0.6) is 0 Å². The number of carbonyl (C=O) groups is 1. The normalized spacial score (nSPS) is 16.1. The number of nitrogens with one attached hydrogen (secondary N) is 1. The number of nitrogens with zero attached hydrogens (tertiary/aromatic N) is 1. The lowest BCUT2D eigenvalue weighted by Gasteiger charge is -2.25. The molecule has 1 aliphatic heterocycles. The minimum Gasteiger partial charge on any atom is -0.450 e. The minimum absolute atomic E-state index is 0.0522. The van der Waals surface area contributed by atoms with E-state index in [1.54, 1.807) is 35.2 Å². The molecule has 7 heteroatoms. The SMILES string of the molecule is C[NH+](C)CCCN1C(=O)c2oc3ccc(Cl)cc3c(=O)c2[C@@H]1c1ccc(F)cc1. The summed E-state index contributed by atoms with van der Waals surface area (Å²) in [5.41, 5.74) is 0.994. The second-order valence-corrected chi connectivity index (χ2v) is 8.01. The van der Waals surface area contributed by atoms with Crippen LogP contribution in [0.3, 0.4) is 0 Å². The van der Waals surface area contributed by atoms with E-state index >= 15 is 0 Å². The summed E-state index contributed by atoms with van der Waals surface area (Å²) in [4.78, 5) is 29.4. The maximum Gasteiger partial charge on any atom is 0.290 e. The van der Waals surface area contributed by atoms with Gasteiger partial charge in [0, 0.05) is 18.0 Å². The van der Waals surface area contributed by atoms with E-state index in [4.69, 9.17) is 16.0 Å². The van der Waals surface area contributed by atoms with Crippen molar-refractivity contribution in [2.45, 2.75) is 12.5 Å². The smallest absolute Gasteiger partial charge is 0.290 e. The fourth-order valence-electron chi connectivity index (χ4n) is 3.82. The maximum absolute atomic E-state index is 13.5. The first-order valence-corrected chi connectivity index (χ1v) is 9.86. The van der Waals surface area contributed by atoms with Gasteiger partial charge in [0.2, 0.25) is 5.76 Å². The van der Waals surface area contributed by atoms with Gasteiger partial charge >= 0.3 is 0 Å². The minimum atomic E-state index is -0.616. The first-order valence-electron chi connectivity index (χ1n) is 9.48. The number of amides is 1. The van der Waals surface area contributed by atoms with E-state index in [-0.39, 0.29) is 28.5 Å². The lowest BCUT2D eigenvalue weighted by atomic mass is 9.98. The molecule has 0 unspecified atom stereocenters. The van der Waals surface area contributed by atoms with Crippen molar-refractivity contribution in [2.75, 3.05) is 27.2 Å². The molecular weight excluding hydrogens is 395 g/mol. The molecule has 2 heterocycles. The van der Waals surface area contributed by atoms with Crippen molar-refractivity contribution in [1.29, 1.82) is 0 Å². The highest BCUT2D eigenvalue weighted by atomic mass is 35.5. The van der Waals surface area contributed by atoms with Crippen LogP contribution in [0.25, 0.3) is 11.0 Å². The van der Waals surface area contributed by atoms with E-state index in [0.29, 0.717) is 28.1 Å². The van der Waals surface area contributed by atoms with Gasteiger partial charge in [-0.25, -0.2) is 4.39 Å². The van der Waals surface area contributed by atoms with Crippen molar-refractivity contribution in [3.63, 3.8) is 0 Å². The number of fused-ring (bicyclic) bond motifs is 2. The molecule has 1 aromatic heterocycles. The van der Waals surface area contributed by atoms with Gasteiger partial charge in [0.1, 0.15) is 11.4 Å². The van der Waals surface area contributed by atoms with E-state index in [0.717, 1.165) is 13.0 Å². The van der Waals surface area contributed by atoms with Crippen molar-refractivity contribution in [3.8, 4) is 0 Å². The molecule has 0 bridgehead atoms. The fourth-order valence-corrected chi connectivity index (χ4v) is 3.99. The molecule has 150 valence electrons. The van der Waals surface area contributed by atoms with E-state index < -0.39 is 6.04 Å². The standard InChI is InChI=1S/C22H20ClFN2O3/c1-25(2)10-3-11-26-19(13-4-7-15(24)8-5-13)18-20(27)16-12-14(23)6-9-17(16)29-21(18)22(26)28/h4-9,12,19H,3,10-11H2,1-2H3/p+1/t19-/m0/s1. The van der Waals surface area contributed by atoms with Crippen LogP contribution in [0.15, 0.2) is 51.7 Å². The van der Waals surface area contributed by atoms with Gasteiger partial charge in [0.05, 0.1) is 37.6 Å². The predicted octanol–water partition coefficient (Wildman–Crippen LogP) is 2.67. The number of hydrogen-bond donors (Lipinski definition) is 1. The van der Waals surface area contributed by atoms with Crippen LogP contribution >= 0.6 is 11.6 Å². The van der Waals surface area contributed by atoms with Crippen LogP contribution in [0.4, 0.5) is 4.39 Å². The highest BCUT2D eigenvalue weighted by molar-refractivity contribution is 6.31. The molecule has 5 nitrogen and oxygen atoms in total. The molecule has 1 atom stereocenters. The Balaban J connectivity index is 1.88. The molecule has 0 aliphatic carbocycles. The molecule has 0 fully saturated rings. The third kappa shape index (κ3) is 3.54. The molecule has 0 saturated heterocycles. The highest BCUT2D eigenvalue weighted by Crippen LogP contribution is 2.38. The molecule has 4 rings (SSSR count). The molecule has 0 radical (unpaired) electrons. The molecule has 0 spiro atoms. The predicted molar refractivity (Wildman–Crippen MR) is 109 cm³/mol. The van der Waals surface area contributed by atoms with Crippen LogP contribution < -0.4 is 10.3 Å². The zero-order valence-corrected chi connectivity index (χ0v) is 16.9. The van der Waals surface area contributed by atoms with Crippen LogP contribution in [0.1, 0.15) is 34.1 Å². The summed E-state index contributed by atoms with van der Waals surface area (Å²) < 4.78 is 19.3. The monoisotopic (exact) mass is 415 g/mol. The average Bonchev–Trinajstić information content (AvgIpc) is 2.95. The second kappa shape index (κ2) is 7.61. The molecule has 29 heavy (non-hydrogen) atoms. The van der Waals surface area contributed by atoms with E-state index in [1.165, 1.54) is 17.0 Å². The fraction of sp³-hybridized carbons (Fsp3) is 0.273. The van der Waals surface area contributed by atoms with E-state index in [1.807, 2.05) is 14.1 Å². The number of quaternary nitrogens is 1. The van der Waals surface area contributed by atoms with Crippen LogP contribution in [0, 0.1) is 5.82 Å². The van der Waals surface area contributed by atoms with Crippen molar-refractivity contribution in [1.82, 2.24) is 4.90 Å². The Labute approximate surface area is 172 Å². The molecule has 1 N–H and O–H groups in total. The lowest BCUT2D eigenvalue weighted by Crippen LogP contribution is -3.05. The summed E-state index contributed by atoms with van der Waals surface area (Å²) in [6.45, 7) is 1.34. The van der Waals surface area contributed by atoms with Crippen LogP contribution in [0.2, 0.25) is 5.02 Å². The molecule has 1 aliphatic rings. The topological polar surface area (TPSA) is 55.0 Å². The van der Waals surface area contributed by atoms with Crippen molar-refractivity contribution < 1.29 is 18.5 Å². The molecule has 3 aromatic rings. The van der Waals surface area contributed by atoms with Gasteiger partial charge in [-0.1, -0.05) is 23.7 Å².